The minimum absolute atomic E-state index is 0.669. The summed E-state index contributed by atoms with van der Waals surface area (Å²) < 4.78 is 2.28. The summed E-state index contributed by atoms with van der Waals surface area (Å²) in [5, 5.41) is 0.770. The van der Waals surface area contributed by atoms with Crippen molar-refractivity contribution < 1.29 is 0 Å². The van der Waals surface area contributed by atoms with E-state index in [0.717, 1.165) is 54.2 Å². The average molecular weight is 308 g/mol. The second kappa shape index (κ2) is 7.28. The Morgan fingerprint density at radius 2 is 2.05 bits per heavy atom. The molecule has 1 aromatic heterocycles. The van der Waals surface area contributed by atoms with Gasteiger partial charge in [0.1, 0.15) is 5.82 Å². The van der Waals surface area contributed by atoms with Gasteiger partial charge in [-0.2, -0.15) is 0 Å². The molecule has 2 aromatic rings. The van der Waals surface area contributed by atoms with Crippen molar-refractivity contribution in [3.05, 3.63) is 29.0 Å². The molecule has 3 nitrogen and oxygen atoms in total. The first-order valence-corrected chi connectivity index (χ1v) is 8.29. The SMILES string of the molecule is CCn1c(CCC(CCN)C(C)C)nc2ccc(Cl)cc21. The van der Waals surface area contributed by atoms with Gasteiger partial charge in [-0.3, -0.25) is 0 Å². The van der Waals surface area contributed by atoms with Crippen LogP contribution in [0.25, 0.3) is 11.0 Å². The summed E-state index contributed by atoms with van der Waals surface area (Å²) in [6.45, 7) is 8.41. The molecular weight excluding hydrogens is 282 g/mol. The molecular formula is C17H26ClN3. The van der Waals surface area contributed by atoms with E-state index in [0.29, 0.717) is 11.8 Å². The number of nitrogens with zero attached hydrogens (tertiary/aromatic N) is 2. The summed E-state index contributed by atoms with van der Waals surface area (Å²) in [6.07, 6.45) is 3.24. The van der Waals surface area contributed by atoms with E-state index in [9.17, 15) is 0 Å². The van der Waals surface area contributed by atoms with Crippen LogP contribution in [-0.4, -0.2) is 16.1 Å². The van der Waals surface area contributed by atoms with E-state index in [1.165, 1.54) is 0 Å². The number of aryl methyl sites for hydroxylation is 2. The molecule has 116 valence electrons. The molecule has 0 bridgehead atoms. The van der Waals surface area contributed by atoms with Crippen molar-refractivity contribution in [1.29, 1.82) is 0 Å². The second-order valence-electron chi connectivity index (χ2n) is 6.03. The smallest absolute Gasteiger partial charge is 0.109 e. The minimum Gasteiger partial charge on any atom is -0.330 e. The molecule has 0 aliphatic carbocycles. The van der Waals surface area contributed by atoms with Gasteiger partial charge in [0.15, 0.2) is 0 Å². The van der Waals surface area contributed by atoms with Crippen molar-refractivity contribution in [2.45, 2.75) is 46.6 Å². The number of imidazole rings is 1. The van der Waals surface area contributed by atoms with Gasteiger partial charge >= 0.3 is 0 Å². The molecule has 4 heteroatoms. The molecule has 0 saturated heterocycles. The van der Waals surface area contributed by atoms with Crippen molar-refractivity contribution in [2.75, 3.05) is 6.54 Å². The van der Waals surface area contributed by atoms with Crippen LogP contribution in [0.1, 0.15) is 39.4 Å². The predicted molar refractivity (Wildman–Crippen MR) is 90.7 cm³/mol. The second-order valence-corrected chi connectivity index (χ2v) is 6.46. The van der Waals surface area contributed by atoms with Gasteiger partial charge in [0.05, 0.1) is 11.0 Å². The van der Waals surface area contributed by atoms with Gasteiger partial charge in [-0.1, -0.05) is 25.4 Å². The third-order valence-corrected chi connectivity index (χ3v) is 4.56. The lowest BCUT2D eigenvalue weighted by atomic mass is 9.88. The van der Waals surface area contributed by atoms with E-state index >= 15 is 0 Å². The topological polar surface area (TPSA) is 43.8 Å². The molecule has 2 N–H and O–H groups in total. The zero-order valence-electron chi connectivity index (χ0n) is 13.3. The fourth-order valence-corrected chi connectivity index (χ4v) is 3.20. The lowest BCUT2D eigenvalue weighted by Gasteiger charge is -2.20. The van der Waals surface area contributed by atoms with Crippen LogP contribution in [0.4, 0.5) is 0 Å². The van der Waals surface area contributed by atoms with Gasteiger partial charge in [0.25, 0.3) is 0 Å². The fourth-order valence-electron chi connectivity index (χ4n) is 3.03. The standard InChI is InChI=1S/C17H26ClN3/c1-4-21-16-11-14(18)6-7-15(16)20-17(21)8-5-13(9-10-19)12(2)3/h6-7,11-13H,4-5,8-10,19H2,1-3H3. The molecule has 1 aromatic carbocycles. The first kappa shape index (κ1) is 16.3. The third kappa shape index (κ3) is 3.78. The first-order chi connectivity index (χ1) is 10.1. The Kier molecular flexibility index (Phi) is 5.65. The number of hydrogen-bond acceptors (Lipinski definition) is 2. The van der Waals surface area contributed by atoms with E-state index in [4.69, 9.17) is 22.3 Å². The Labute approximate surface area is 132 Å². The normalized spacial score (nSPS) is 13.2. The molecule has 0 spiro atoms. The van der Waals surface area contributed by atoms with Crippen LogP contribution in [0.3, 0.4) is 0 Å². The third-order valence-electron chi connectivity index (χ3n) is 4.32. The summed E-state index contributed by atoms with van der Waals surface area (Å²) in [4.78, 5) is 4.79. The Hall–Kier alpha value is -1.06. The minimum atomic E-state index is 0.669. The molecule has 0 saturated carbocycles. The Morgan fingerprint density at radius 1 is 1.29 bits per heavy atom. The van der Waals surface area contributed by atoms with Gasteiger partial charge < -0.3 is 10.3 Å². The first-order valence-electron chi connectivity index (χ1n) is 7.91. The highest BCUT2D eigenvalue weighted by atomic mass is 35.5. The van der Waals surface area contributed by atoms with Crippen molar-refractivity contribution >= 4 is 22.6 Å². The van der Waals surface area contributed by atoms with Gasteiger partial charge in [0.2, 0.25) is 0 Å². The van der Waals surface area contributed by atoms with Crippen molar-refractivity contribution in [2.24, 2.45) is 17.6 Å². The maximum absolute atomic E-state index is 6.11. The molecule has 2 rings (SSSR count). The number of halogens is 1. The lowest BCUT2D eigenvalue weighted by Crippen LogP contribution is -2.16. The van der Waals surface area contributed by atoms with Crippen LogP contribution in [0.2, 0.25) is 5.02 Å². The molecule has 0 aliphatic rings. The summed E-state index contributed by atoms with van der Waals surface area (Å²) >= 11 is 6.11. The number of fused-ring (bicyclic) bond motifs is 1. The number of nitrogens with two attached hydrogens (primary N) is 1. The average Bonchev–Trinajstić information content (AvgIpc) is 2.79. The van der Waals surface area contributed by atoms with Crippen LogP contribution < -0.4 is 5.73 Å². The molecule has 0 aliphatic heterocycles. The molecule has 1 atom stereocenters. The van der Waals surface area contributed by atoms with Gasteiger partial charge in [-0.25, -0.2) is 4.98 Å². The molecule has 0 radical (unpaired) electrons. The zero-order valence-corrected chi connectivity index (χ0v) is 14.0. The Morgan fingerprint density at radius 3 is 2.67 bits per heavy atom. The van der Waals surface area contributed by atoms with Gasteiger partial charge in [0, 0.05) is 18.0 Å². The summed E-state index contributed by atoms with van der Waals surface area (Å²) in [5.74, 6) is 2.50. The highest BCUT2D eigenvalue weighted by molar-refractivity contribution is 6.31. The Bertz CT molecular complexity index is 589. The lowest BCUT2D eigenvalue weighted by molar-refractivity contribution is 0.338. The quantitative estimate of drug-likeness (QED) is 0.830. The van der Waals surface area contributed by atoms with Crippen LogP contribution in [-0.2, 0) is 13.0 Å². The number of aromatic nitrogens is 2. The highest BCUT2D eigenvalue weighted by Gasteiger charge is 2.15. The molecule has 1 heterocycles. The largest absolute Gasteiger partial charge is 0.330 e. The van der Waals surface area contributed by atoms with Crippen LogP contribution in [0.15, 0.2) is 18.2 Å². The van der Waals surface area contributed by atoms with E-state index in [-0.39, 0.29) is 0 Å². The van der Waals surface area contributed by atoms with E-state index < -0.39 is 0 Å². The maximum atomic E-state index is 6.11. The molecule has 0 fully saturated rings. The van der Waals surface area contributed by atoms with Crippen LogP contribution in [0, 0.1) is 11.8 Å². The maximum Gasteiger partial charge on any atom is 0.109 e. The molecule has 21 heavy (non-hydrogen) atoms. The van der Waals surface area contributed by atoms with E-state index in [1.807, 2.05) is 18.2 Å². The molecule has 0 amide bonds. The van der Waals surface area contributed by atoms with E-state index in [2.05, 4.69) is 25.3 Å². The predicted octanol–water partition coefficient (Wildman–Crippen LogP) is 4.26. The van der Waals surface area contributed by atoms with Crippen molar-refractivity contribution in [3.63, 3.8) is 0 Å². The number of rotatable bonds is 7. The zero-order chi connectivity index (χ0) is 15.4. The summed E-state index contributed by atoms with van der Waals surface area (Å²) in [6, 6.07) is 5.93. The fraction of sp³-hybridized carbons (Fsp3) is 0.588. The van der Waals surface area contributed by atoms with Crippen molar-refractivity contribution in [3.8, 4) is 0 Å². The highest BCUT2D eigenvalue weighted by Crippen LogP contribution is 2.24. The number of benzene rings is 1. The van der Waals surface area contributed by atoms with Gasteiger partial charge in [-0.15, -0.1) is 0 Å². The Balaban J connectivity index is 2.21. The molecule has 1 unspecified atom stereocenters. The van der Waals surface area contributed by atoms with Crippen LogP contribution in [0.5, 0.6) is 0 Å². The monoisotopic (exact) mass is 307 g/mol. The summed E-state index contributed by atoms with van der Waals surface area (Å²) in [5.41, 5.74) is 7.91. The van der Waals surface area contributed by atoms with Gasteiger partial charge in [-0.05, 0) is 56.3 Å². The summed E-state index contributed by atoms with van der Waals surface area (Å²) in [7, 11) is 0. The van der Waals surface area contributed by atoms with Crippen molar-refractivity contribution in [1.82, 2.24) is 9.55 Å². The van der Waals surface area contributed by atoms with Crippen LogP contribution >= 0.6 is 11.6 Å². The number of hydrogen-bond donors (Lipinski definition) is 1. The van der Waals surface area contributed by atoms with E-state index in [1.54, 1.807) is 0 Å².